The smallest absolute Gasteiger partial charge is 0.232 e. The maximum Gasteiger partial charge on any atom is 0.232 e. The van der Waals surface area contributed by atoms with E-state index in [1.165, 1.54) is 0 Å². The van der Waals surface area contributed by atoms with Crippen LogP contribution in [0.1, 0.15) is 19.3 Å². The molecule has 1 aliphatic rings. The van der Waals surface area contributed by atoms with Crippen molar-refractivity contribution in [1.82, 2.24) is 5.32 Å². The monoisotopic (exact) mass is 224 g/mol. The molecule has 0 spiro atoms. The highest BCUT2D eigenvalue weighted by Crippen LogP contribution is 2.02. The summed E-state index contributed by atoms with van der Waals surface area (Å²) < 4.78 is 21.1. The van der Waals surface area contributed by atoms with Crippen LogP contribution in [0.2, 0.25) is 0 Å². The van der Waals surface area contributed by atoms with Gasteiger partial charge in [-0.05, 0) is 12.8 Å². The summed E-state index contributed by atoms with van der Waals surface area (Å²) in [4.78, 5) is 4.19. The molecule has 0 atom stereocenters. The van der Waals surface area contributed by atoms with Gasteiger partial charge in [-0.1, -0.05) is 0 Å². The molecule has 0 saturated heterocycles. The molecule has 0 saturated carbocycles. The van der Waals surface area contributed by atoms with Crippen LogP contribution in [-0.4, -0.2) is 33.1 Å². The standard InChI is InChI=1S/C7H13ClN2O2S/c8-13(11,12)6-2-5-10-7-3-1-4-9-7/h1-6H2,(H,9,10). The van der Waals surface area contributed by atoms with Gasteiger partial charge in [0.2, 0.25) is 9.05 Å². The molecular weight excluding hydrogens is 212 g/mol. The van der Waals surface area contributed by atoms with Gasteiger partial charge in [0.15, 0.2) is 0 Å². The summed E-state index contributed by atoms with van der Waals surface area (Å²) in [6.45, 7) is 1.51. The molecule has 0 fully saturated rings. The zero-order chi connectivity index (χ0) is 9.73. The molecule has 4 nitrogen and oxygen atoms in total. The minimum Gasteiger partial charge on any atom is -0.374 e. The predicted molar refractivity (Wildman–Crippen MR) is 53.8 cm³/mol. The van der Waals surface area contributed by atoms with Gasteiger partial charge >= 0.3 is 0 Å². The SMILES string of the molecule is O=S(=O)(Cl)CCCNC1=NCCC1. The zero-order valence-corrected chi connectivity index (χ0v) is 8.86. The molecule has 0 aromatic rings. The molecule has 1 heterocycles. The Morgan fingerprint density at radius 1 is 1.54 bits per heavy atom. The highest BCUT2D eigenvalue weighted by Gasteiger charge is 2.06. The van der Waals surface area contributed by atoms with Gasteiger partial charge in [0.25, 0.3) is 0 Å². The van der Waals surface area contributed by atoms with E-state index in [2.05, 4.69) is 10.3 Å². The van der Waals surface area contributed by atoms with E-state index in [9.17, 15) is 8.42 Å². The van der Waals surface area contributed by atoms with Crippen LogP contribution < -0.4 is 5.32 Å². The van der Waals surface area contributed by atoms with E-state index in [0.717, 1.165) is 25.2 Å². The first kappa shape index (κ1) is 10.8. The molecule has 6 heteroatoms. The maximum absolute atomic E-state index is 10.5. The van der Waals surface area contributed by atoms with Crippen LogP contribution in [0.4, 0.5) is 0 Å². The van der Waals surface area contributed by atoms with Crippen molar-refractivity contribution in [3.63, 3.8) is 0 Å². The Kier molecular flexibility index (Phi) is 3.99. The molecule has 76 valence electrons. The molecular formula is C7H13ClN2O2S. The second-order valence-electron chi connectivity index (χ2n) is 2.96. The van der Waals surface area contributed by atoms with Gasteiger partial charge < -0.3 is 5.32 Å². The number of halogens is 1. The fourth-order valence-electron chi connectivity index (χ4n) is 1.16. The summed E-state index contributed by atoms with van der Waals surface area (Å²) in [5.41, 5.74) is 0. The van der Waals surface area contributed by atoms with E-state index in [0.29, 0.717) is 13.0 Å². The summed E-state index contributed by atoms with van der Waals surface area (Å²) in [5.74, 6) is 1.02. The van der Waals surface area contributed by atoms with Crippen LogP contribution in [-0.2, 0) is 9.05 Å². The molecule has 0 aliphatic carbocycles. The summed E-state index contributed by atoms with van der Waals surface area (Å²) in [7, 11) is 1.72. The van der Waals surface area contributed by atoms with Gasteiger partial charge in [-0.25, -0.2) is 8.42 Å². The third kappa shape index (κ3) is 5.10. The first-order chi connectivity index (χ1) is 6.08. The lowest BCUT2D eigenvalue weighted by Gasteiger charge is -2.03. The minimum atomic E-state index is -3.33. The number of hydrogen-bond donors (Lipinski definition) is 1. The molecule has 0 radical (unpaired) electrons. The van der Waals surface area contributed by atoms with E-state index in [4.69, 9.17) is 10.7 Å². The lowest BCUT2D eigenvalue weighted by Crippen LogP contribution is -2.23. The average Bonchev–Trinajstić information content (AvgIpc) is 2.48. The van der Waals surface area contributed by atoms with Crippen molar-refractivity contribution in [1.29, 1.82) is 0 Å². The molecule has 1 rings (SSSR count). The van der Waals surface area contributed by atoms with Crippen molar-refractivity contribution in [2.45, 2.75) is 19.3 Å². The molecule has 0 aromatic heterocycles. The third-order valence-corrected chi connectivity index (χ3v) is 3.01. The van der Waals surface area contributed by atoms with Crippen molar-refractivity contribution in [3.05, 3.63) is 0 Å². The maximum atomic E-state index is 10.5. The molecule has 0 aromatic carbocycles. The van der Waals surface area contributed by atoms with Gasteiger partial charge in [-0.15, -0.1) is 0 Å². The zero-order valence-electron chi connectivity index (χ0n) is 7.29. The van der Waals surface area contributed by atoms with E-state index in [-0.39, 0.29) is 5.75 Å². The van der Waals surface area contributed by atoms with E-state index >= 15 is 0 Å². The van der Waals surface area contributed by atoms with Gasteiger partial charge in [0.1, 0.15) is 0 Å². The second-order valence-corrected chi connectivity index (χ2v) is 5.85. The first-order valence-electron chi connectivity index (χ1n) is 4.27. The molecule has 0 bridgehead atoms. The van der Waals surface area contributed by atoms with E-state index in [1.54, 1.807) is 0 Å². The topological polar surface area (TPSA) is 58.5 Å². The minimum absolute atomic E-state index is 0.0227. The number of rotatable bonds is 4. The molecule has 0 amide bonds. The summed E-state index contributed by atoms with van der Waals surface area (Å²) in [6, 6.07) is 0. The number of nitrogens with zero attached hydrogens (tertiary/aromatic N) is 1. The lowest BCUT2D eigenvalue weighted by atomic mass is 10.3. The Morgan fingerprint density at radius 2 is 2.31 bits per heavy atom. The van der Waals surface area contributed by atoms with E-state index in [1.807, 2.05) is 0 Å². The Morgan fingerprint density at radius 3 is 2.85 bits per heavy atom. The molecule has 1 aliphatic heterocycles. The fourth-order valence-corrected chi connectivity index (χ4v) is 1.98. The van der Waals surface area contributed by atoms with Crippen LogP contribution in [0, 0.1) is 0 Å². The second kappa shape index (κ2) is 4.81. The van der Waals surface area contributed by atoms with Crippen molar-refractivity contribution >= 4 is 25.6 Å². The summed E-state index contributed by atoms with van der Waals surface area (Å²) in [5, 5.41) is 3.08. The molecule has 0 unspecified atom stereocenters. The van der Waals surface area contributed by atoms with Crippen molar-refractivity contribution in [2.75, 3.05) is 18.8 Å². The van der Waals surface area contributed by atoms with Gasteiger partial charge in [0.05, 0.1) is 11.6 Å². The predicted octanol–water partition coefficient (Wildman–Crippen LogP) is 0.727. The molecule has 1 N–H and O–H groups in total. The van der Waals surface area contributed by atoms with Crippen LogP contribution >= 0.6 is 10.7 Å². The Balaban J connectivity index is 2.07. The molecule has 13 heavy (non-hydrogen) atoms. The quantitative estimate of drug-likeness (QED) is 0.566. The number of nitrogens with one attached hydrogen (secondary N) is 1. The normalized spacial score (nSPS) is 17.2. The first-order valence-corrected chi connectivity index (χ1v) is 6.75. The van der Waals surface area contributed by atoms with Crippen molar-refractivity contribution < 1.29 is 8.42 Å². The number of amidine groups is 1. The largest absolute Gasteiger partial charge is 0.374 e. The van der Waals surface area contributed by atoms with Crippen molar-refractivity contribution in [3.8, 4) is 0 Å². The highest BCUT2D eigenvalue weighted by molar-refractivity contribution is 8.13. The van der Waals surface area contributed by atoms with Crippen molar-refractivity contribution in [2.24, 2.45) is 4.99 Å². The average molecular weight is 225 g/mol. The fraction of sp³-hybridized carbons (Fsp3) is 0.857. The summed E-state index contributed by atoms with van der Waals surface area (Å²) >= 11 is 0. The van der Waals surface area contributed by atoms with Gasteiger partial charge in [0, 0.05) is 30.2 Å². The Bertz CT molecular complexity index is 287. The Labute approximate surface area is 82.8 Å². The lowest BCUT2D eigenvalue weighted by molar-refractivity contribution is 0.606. The van der Waals surface area contributed by atoms with E-state index < -0.39 is 9.05 Å². The number of aliphatic imine (C=N–C) groups is 1. The highest BCUT2D eigenvalue weighted by atomic mass is 35.7. The van der Waals surface area contributed by atoms with Crippen LogP contribution in [0.25, 0.3) is 0 Å². The van der Waals surface area contributed by atoms with Crippen LogP contribution in [0.15, 0.2) is 4.99 Å². The third-order valence-electron chi connectivity index (χ3n) is 1.77. The van der Waals surface area contributed by atoms with Gasteiger partial charge in [-0.2, -0.15) is 0 Å². The number of hydrogen-bond acceptors (Lipinski definition) is 4. The van der Waals surface area contributed by atoms with Gasteiger partial charge in [-0.3, -0.25) is 4.99 Å². The Hall–Kier alpha value is -0.290. The van der Waals surface area contributed by atoms with Crippen LogP contribution in [0.5, 0.6) is 0 Å². The summed E-state index contributed by atoms with van der Waals surface area (Å²) in [6.07, 6.45) is 2.61. The van der Waals surface area contributed by atoms with Crippen LogP contribution in [0.3, 0.4) is 0 Å².